The Morgan fingerprint density at radius 2 is 2.18 bits per heavy atom. The maximum absolute atomic E-state index is 8.93. The van der Waals surface area contributed by atoms with Crippen molar-refractivity contribution in [2.45, 2.75) is 6.42 Å². The molecular weight excluding hydrogens is 179 g/mol. The van der Waals surface area contributed by atoms with E-state index in [4.69, 9.17) is 4.79 Å². The second-order valence-electron chi connectivity index (χ2n) is 1.33. The van der Waals surface area contributed by atoms with Crippen LogP contribution >= 0.6 is 0 Å². The van der Waals surface area contributed by atoms with E-state index in [0.717, 1.165) is 12.5 Å². The Bertz CT molecular complexity index is 143. The topological polar surface area (TPSA) is 17.1 Å². The Balaban J connectivity index is -0.000000101. The number of hydrogen-bond donors (Lipinski definition) is 0. The van der Waals surface area contributed by atoms with Crippen molar-refractivity contribution in [1.29, 1.82) is 0 Å². The molecule has 0 fully saturated rings. The van der Waals surface area contributed by atoms with Crippen LogP contribution in [-0.4, -0.2) is 5.94 Å². The van der Waals surface area contributed by atoms with Crippen LogP contribution in [-0.2, 0) is 21.9 Å². The van der Waals surface area contributed by atoms with Gasteiger partial charge in [-0.2, -0.15) is 12.2 Å². The van der Waals surface area contributed by atoms with Crippen LogP contribution in [0.4, 0.5) is 0 Å². The molecule has 1 nitrogen and oxygen atoms in total. The van der Waals surface area contributed by atoms with Gasteiger partial charge in [-0.1, -0.05) is 0 Å². The van der Waals surface area contributed by atoms with Crippen molar-refractivity contribution >= 4 is 5.94 Å². The quantitative estimate of drug-likeness (QED) is 0.324. The van der Waals surface area contributed by atoms with Crippen molar-refractivity contribution in [3.63, 3.8) is 0 Å². The molecule has 0 saturated carbocycles. The molecule has 0 unspecified atom stereocenters. The summed E-state index contributed by atoms with van der Waals surface area (Å²) in [7, 11) is 0. The van der Waals surface area contributed by atoms with Gasteiger partial charge in [0.1, 0.15) is 0 Å². The van der Waals surface area contributed by atoms with E-state index in [0.29, 0.717) is 0 Å². The van der Waals surface area contributed by atoms with Crippen molar-refractivity contribution in [3.05, 3.63) is 44.7 Å². The van der Waals surface area contributed by atoms with Crippen LogP contribution in [0.2, 0.25) is 0 Å². The molecule has 0 bridgehead atoms. The third-order valence-corrected chi connectivity index (χ3v) is 0.669. The predicted octanol–water partition coefficient (Wildman–Crippen LogP) is 1.96. The van der Waals surface area contributed by atoms with E-state index in [-0.39, 0.29) is 24.5 Å². The molecule has 0 amide bonds. The molecule has 11 heavy (non-hydrogen) atoms. The third-order valence-electron chi connectivity index (χ3n) is 0.669. The summed E-state index contributed by atoms with van der Waals surface area (Å²) >= 11 is 0. The van der Waals surface area contributed by atoms with Crippen LogP contribution in [0.5, 0.6) is 0 Å². The molecular formula is C9H11MnO. The fraction of sp³-hybridized carbons (Fsp3) is 0.111. The zero-order valence-electron chi connectivity index (χ0n) is 6.51. The Labute approximate surface area is 79.4 Å². The SMILES string of the molecule is [C-]1=CC=CC1.[CH2-]C=C=O.[CH3-].[Mn+3]. The van der Waals surface area contributed by atoms with E-state index < -0.39 is 0 Å². The van der Waals surface area contributed by atoms with Crippen molar-refractivity contribution < 1.29 is 21.9 Å². The van der Waals surface area contributed by atoms with Gasteiger partial charge in [-0.05, 0) is 0 Å². The van der Waals surface area contributed by atoms with E-state index >= 15 is 0 Å². The Hall–Kier alpha value is -0.681. The van der Waals surface area contributed by atoms with Crippen molar-refractivity contribution in [2.75, 3.05) is 0 Å². The number of carbonyl (C=O) groups excluding carboxylic acids is 1. The summed E-state index contributed by atoms with van der Waals surface area (Å²) in [6.07, 6.45) is 11.1. The summed E-state index contributed by atoms with van der Waals surface area (Å²) in [4.78, 5) is 8.93. The van der Waals surface area contributed by atoms with Gasteiger partial charge in [0, 0.05) is 0 Å². The van der Waals surface area contributed by atoms with Gasteiger partial charge in [-0.3, -0.25) is 6.08 Å². The summed E-state index contributed by atoms with van der Waals surface area (Å²) < 4.78 is 0. The van der Waals surface area contributed by atoms with Crippen molar-refractivity contribution in [1.82, 2.24) is 0 Å². The molecule has 0 radical (unpaired) electrons. The number of hydrogen-bond acceptors (Lipinski definition) is 1. The Morgan fingerprint density at radius 3 is 2.27 bits per heavy atom. The first-order valence-electron chi connectivity index (χ1n) is 2.62. The van der Waals surface area contributed by atoms with Gasteiger partial charge >= 0.3 is 17.1 Å². The van der Waals surface area contributed by atoms with E-state index in [1.165, 1.54) is 5.94 Å². The minimum atomic E-state index is 0. The van der Waals surface area contributed by atoms with Crippen molar-refractivity contribution in [3.8, 4) is 0 Å². The molecule has 0 aromatic rings. The van der Waals surface area contributed by atoms with Gasteiger partial charge in [0.15, 0.2) is 0 Å². The standard InChI is InChI=1S/C5H5.C3H3O.CH3.Mn/c1-2-4-5-3-1;1-2-3-4;;/h1-3H,4H2;2H,1H2;1H3;/q3*-1;+3. The molecule has 0 saturated heterocycles. The van der Waals surface area contributed by atoms with Crippen LogP contribution in [0.3, 0.4) is 0 Å². The summed E-state index contributed by atoms with van der Waals surface area (Å²) in [5, 5.41) is 0. The molecule has 0 aliphatic heterocycles. The summed E-state index contributed by atoms with van der Waals surface area (Å²) in [6.45, 7) is 3.06. The van der Waals surface area contributed by atoms with Gasteiger partial charge in [-0.25, -0.2) is 19.1 Å². The molecule has 0 aromatic carbocycles. The monoisotopic (exact) mass is 190 g/mol. The molecule has 60 valence electrons. The van der Waals surface area contributed by atoms with Crippen molar-refractivity contribution in [2.24, 2.45) is 0 Å². The molecule has 1 aliphatic rings. The van der Waals surface area contributed by atoms with E-state index in [2.05, 4.69) is 19.1 Å². The van der Waals surface area contributed by atoms with Gasteiger partial charge in [-0.15, -0.1) is 12.4 Å². The second kappa shape index (κ2) is 16.2. The minimum absolute atomic E-state index is 0. The third kappa shape index (κ3) is 17.6. The first-order valence-corrected chi connectivity index (χ1v) is 2.62. The van der Waals surface area contributed by atoms with E-state index in [1.807, 2.05) is 12.2 Å². The zero-order valence-corrected chi connectivity index (χ0v) is 7.69. The number of rotatable bonds is 0. The van der Waals surface area contributed by atoms with Crippen LogP contribution in [0.25, 0.3) is 0 Å². The smallest absolute Gasteiger partial charge is 0.365 e. The molecule has 0 aromatic heterocycles. The van der Waals surface area contributed by atoms with E-state index in [1.54, 1.807) is 0 Å². The fourth-order valence-electron chi connectivity index (χ4n) is 0.340. The predicted molar refractivity (Wildman–Crippen MR) is 43.6 cm³/mol. The van der Waals surface area contributed by atoms with Crippen LogP contribution in [0, 0.1) is 20.4 Å². The minimum Gasteiger partial charge on any atom is -0.365 e. The Morgan fingerprint density at radius 1 is 1.64 bits per heavy atom. The average Bonchev–Trinajstić information content (AvgIpc) is 2.43. The first kappa shape index (κ1) is 16.7. The normalized spacial score (nSPS) is 9.45. The summed E-state index contributed by atoms with van der Waals surface area (Å²) in [5.74, 6) is 1.44. The molecule has 0 heterocycles. The van der Waals surface area contributed by atoms with Gasteiger partial charge in [0.25, 0.3) is 0 Å². The van der Waals surface area contributed by atoms with Gasteiger partial charge < -0.3 is 12.2 Å². The average molecular weight is 190 g/mol. The summed E-state index contributed by atoms with van der Waals surface area (Å²) in [6, 6.07) is 0. The summed E-state index contributed by atoms with van der Waals surface area (Å²) in [5.41, 5.74) is 0. The van der Waals surface area contributed by atoms with Crippen LogP contribution in [0.1, 0.15) is 6.42 Å². The maximum Gasteiger partial charge on any atom is 3.00 e. The van der Waals surface area contributed by atoms with Crippen LogP contribution in [0.15, 0.2) is 24.3 Å². The molecule has 0 N–H and O–H groups in total. The molecule has 0 atom stereocenters. The van der Waals surface area contributed by atoms with Gasteiger partial charge in [0.2, 0.25) is 0 Å². The molecule has 2 heteroatoms. The fourth-order valence-corrected chi connectivity index (χ4v) is 0.340. The molecule has 1 rings (SSSR count). The molecule has 0 spiro atoms. The molecule has 1 aliphatic carbocycles. The maximum atomic E-state index is 8.93. The van der Waals surface area contributed by atoms with E-state index in [9.17, 15) is 0 Å². The van der Waals surface area contributed by atoms with Crippen LogP contribution < -0.4 is 0 Å². The largest absolute Gasteiger partial charge is 3.00 e. The van der Waals surface area contributed by atoms with Gasteiger partial charge in [0.05, 0.1) is 0 Å². The zero-order chi connectivity index (χ0) is 6.95. The first-order chi connectivity index (χ1) is 4.41. The second-order valence-corrected chi connectivity index (χ2v) is 1.33. The number of allylic oxidation sites excluding steroid dienone is 5. The Kier molecular flexibility index (Phi) is 24.6.